The molecule has 15 rings (SSSR count). The molecule has 326 valence electrons. The van der Waals surface area contributed by atoms with E-state index in [9.17, 15) is 0 Å². The van der Waals surface area contributed by atoms with Gasteiger partial charge in [0.25, 0.3) is 0 Å². The Morgan fingerprint density at radius 1 is 0.286 bits per heavy atom. The molecule has 0 bridgehead atoms. The summed E-state index contributed by atoms with van der Waals surface area (Å²) in [5.74, 6) is 0. The minimum absolute atomic E-state index is 0.877. The van der Waals surface area contributed by atoms with E-state index in [2.05, 4.69) is 228 Å². The van der Waals surface area contributed by atoms with Crippen LogP contribution in [0, 0.1) is 0 Å². The van der Waals surface area contributed by atoms with Gasteiger partial charge in [-0.1, -0.05) is 152 Å². The van der Waals surface area contributed by atoms with E-state index >= 15 is 0 Å². The lowest BCUT2D eigenvalue weighted by Gasteiger charge is -2.23. The van der Waals surface area contributed by atoms with Crippen LogP contribution in [0.5, 0.6) is 0 Å². The van der Waals surface area contributed by atoms with Crippen LogP contribution in [0.3, 0.4) is 0 Å². The van der Waals surface area contributed by atoms with Gasteiger partial charge in [0.2, 0.25) is 0 Å². The molecule has 0 saturated carbocycles. The molecular formula is C65H39N3O2. The fourth-order valence-electron chi connectivity index (χ4n) is 11.3. The van der Waals surface area contributed by atoms with Gasteiger partial charge in [0.1, 0.15) is 22.3 Å². The zero-order valence-corrected chi connectivity index (χ0v) is 37.7. The van der Waals surface area contributed by atoms with E-state index in [4.69, 9.17) is 13.8 Å². The van der Waals surface area contributed by atoms with Crippen LogP contribution in [0.2, 0.25) is 0 Å². The fourth-order valence-corrected chi connectivity index (χ4v) is 11.3. The number of nitrogens with zero attached hydrogens (tertiary/aromatic N) is 3. The van der Waals surface area contributed by atoms with Crippen molar-refractivity contribution in [2.45, 2.75) is 0 Å². The van der Waals surface area contributed by atoms with Crippen molar-refractivity contribution >= 4 is 109 Å². The molecule has 5 heteroatoms. The predicted molar refractivity (Wildman–Crippen MR) is 291 cm³/mol. The topological polar surface area (TPSA) is 49.0 Å². The summed E-state index contributed by atoms with van der Waals surface area (Å²) in [5, 5.41) is 12.0. The van der Waals surface area contributed by atoms with Crippen molar-refractivity contribution in [1.29, 1.82) is 0 Å². The van der Waals surface area contributed by atoms with Gasteiger partial charge in [-0.05, 0) is 117 Å². The van der Waals surface area contributed by atoms with Crippen LogP contribution >= 0.6 is 0 Å². The standard InChI is InChI=1S/C65H39N3O2/c1-3-16-42(17-4-1)67-57-27-9-10-28-58(57)68(43-18-5-2-6-19-43)60-39-56-55(38-59(60)67)47-34-32-41(45-23-14-25-52-49-21-8-12-30-62(49)70-65(45)52)37-54(47)53-36-40(31-33-46(53)50-26-15-35-66-63(50)56)44-22-13-24-51-48-20-7-11-29-61(48)69-64(44)51/h1-39H. The molecule has 0 fully saturated rings. The fraction of sp³-hybridized carbons (Fsp3) is 0. The van der Waals surface area contributed by atoms with Gasteiger partial charge in [-0.15, -0.1) is 0 Å². The molecule has 4 heterocycles. The minimum atomic E-state index is 0.877. The van der Waals surface area contributed by atoms with E-state index in [-0.39, 0.29) is 0 Å². The molecule has 0 atom stereocenters. The number of hydrogen-bond donors (Lipinski definition) is 0. The molecule has 0 N–H and O–H groups in total. The Bertz CT molecular complexity index is 4710. The zero-order chi connectivity index (χ0) is 45.9. The van der Waals surface area contributed by atoms with Gasteiger partial charge in [-0.2, -0.15) is 0 Å². The Morgan fingerprint density at radius 2 is 0.729 bits per heavy atom. The first kappa shape index (κ1) is 38.6. The molecule has 0 aliphatic rings. The Hall–Kier alpha value is -9.45. The van der Waals surface area contributed by atoms with Crippen molar-refractivity contribution in [1.82, 2.24) is 14.1 Å². The Kier molecular flexibility index (Phi) is 8.29. The van der Waals surface area contributed by atoms with Crippen molar-refractivity contribution in [3.63, 3.8) is 0 Å². The minimum Gasteiger partial charge on any atom is -0.455 e. The van der Waals surface area contributed by atoms with Gasteiger partial charge >= 0.3 is 0 Å². The van der Waals surface area contributed by atoms with E-state index < -0.39 is 0 Å². The number of hydrogen-bond acceptors (Lipinski definition) is 3. The molecule has 0 amide bonds. The van der Waals surface area contributed by atoms with Gasteiger partial charge in [-0.25, -0.2) is 0 Å². The van der Waals surface area contributed by atoms with E-state index in [1.165, 1.54) is 0 Å². The number of fused-ring (bicyclic) bond motifs is 16. The Morgan fingerprint density at radius 3 is 1.29 bits per heavy atom. The van der Waals surface area contributed by atoms with Crippen LogP contribution in [0.1, 0.15) is 0 Å². The first-order valence-electron chi connectivity index (χ1n) is 23.8. The second-order valence-corrected chi connectivity index (χ2v) is 18.2. The number of para-hydroxylation sites is 8. The number of benzene rings is 10. The average molecular weight is 894 g/mol. The third kappa shape index (κ3) is 5.69. The molecule has 0 spiro atoms. The molecule has 11 aromatic carbocycles. The zero-order valence-electron chi connectivity index (χ0n) is 37.7. The number of rotatable bonds is 4. The Balaban J connectivity index is 1.14. The molecule has 0 unspecified atom stereocenters. The summed E-state index contributed by atoms with van der Waals surface area (Å²) >= 11 is 0. The lowest BCUT2D eigenvalue weighted by Crippen LogP contribution is -2.08. The highest BCUT2D eigenvalue weighted by Gasteiger charge is 2.20. The highest BCUT2D eigenvalue weighted by molar-refractivity contribution is 6.27. The quantitative estimate of drug-likeness (QED) is 0.165. The highest BCUT2D eigenvalue weighted by Crippen LogP contribution is 2.44. The number of pyridine rings is 1. The van der Waals surface area contributed by atoms with E-state index in [0.717, 1.165) is 143 Å². The van der Waals surface area contributed by atoms with Crippen molar-refractivity contribution in [2.75, 3.05) is 0 Å². The van der Waals surface area contributed by atoms with Gasteiger partial charge < -0.3 is 18.0 Å². The summed E-state index contributed by atoms with van der Waals surface area (Å²) < 4.78 is 18.2. The molecule has 4 aromatic heterocycles. The summed E-state index contributed by atoms with van der Waals surface area (Å²) in [5.41, 5.74) is 15.2. The third-order valence-electron chi connectivity index (χ3n) is 14.4. The summed E-state index contributed by atoms with van der Waals surface area (Å²) in [7, 11) is 0. The van der Waals surface area contributed by atoms with Crippen LogP contribution in [0.25, 0.3) is 143 Å². The first-order chi connectivity index (χ1) is 34.7. The van der Waals surface area contributed by atoms with Gasteiger partial charge in [0.05, 0.1) is 27.6 Å². The number of aromatic nitrogens is 3. The lowest BCUT2D eigenvalue weighted by molar-refractivity contribution is 0.669. The summed E-state index contributed by atoms with van der Waals surface area (Å²) in [4.78, 5) is 5.31. The lowest BCUT2D eigenvalue weighted by atomic mass is 9.91. The summed E-state index contributed by atoms with van der Waals surface area (Å²) in [6.45, 7) is 0. The van der Waals surface area contributed by atoms with Crippen molar-refractivity contribution in [3.05, 3.63) is 237 Å². The van der Waals surface area contributed by atoms with Crippen LogP contribution in [-0.2, 0) is 0 Å². The molecule has 15 aromatic rings. The van der Waals surface area contributed by atoms with E-state index in [1.807, 2.05) is 18.3 Å². The molecule has 0 saturated heterocycles. The Labute approximate surface area is 400 Å². The van der Waals surface area contributed by atoms with Crippen LogP contribution in [-0.4, -0.2) is 14.1 Å². The van der Waals surface area contributed by atoms with Crippen molar-refractivity contribution in [2.24, 2.45) is 0 Å². The van der Waals surface area contributed by atoms with Crippen LogP contribution in [0.15, 0.2) is 246 Å². The van der Waals surface area contributed by atoms with E-state index in [1.54, 1.807) is 0 Å². The second-order valence-electron chi connectivity index (χ2n) is 18.2. The molecule has 0 aliphatic carbocycles. The maximum Gasteiger partial charge on any atom is 0.143 e. The smallest absolute Gasteiger partial charge is 0.143 e. The normalized spacial score (nSPS) is 12.0. The predicted octanol–water partition coefficient (Wildman–Crippen LogP) is 17.8. The monoisotopic (exact) mass is 893 g/mol. The second kappa shape index (κ2) is 15.0. The maximum atomic E-state index is 6.70. The highest BCUT2D eigenvalue weighted by atomic mass is 16.3. The third-order valence-corrected chi connectivity index (χ3v) is 14.4. The molecule has 0 radical (unpaired) electrons. The molecule has 5 nitrogen and oxygen atoms in total. The van der Waals surface area contributed by atoms with E-state index in [0.29, 0.717) is 0 Å². The van der Waals surface area contributed by atoms with Gasteiger partial charge in [-0.3, -0.25) is 4.98 Å². The molecular weight excluding hydrogens is 855 g/mol. The maximum absolute atomic E-state index is 6.70. The largest absolute Gasteiger partial charge is 0.455 e. The van der Waals surface area contributed by atoms with Crippen molar-refractivity contribution in [3.8, 4) is 33.6 Å². The van der Waals surface area contributed by atoms with Crippen LogP contribution in [0.4, 0.5) is 0 Å². The average Bonchev–Trinajstić information content (AvgIpc) is 4.01. The SMILES string of the molecule is c1ccc(-n2c3ccccc3n(-c3ccccc3)c3cc4c(cc32)c2ccc(-c3cccc5c3oc3ccccc35)cc2c2cc(-c3cccc5c3oc3ccccc35)ccc2c2cccnc24)cc1. The molecule has 0 aliphatic heterocycles. The number of furan rings is 2. The molecule has 70 heavy (non-hydrogen) atoms. The summed E-state index contributed by atoms with van der Waals surface area (Å²) in [6.07, 6.45) is 1.93. The van der Waals surface area contributed by atoms with Gasteiger partial charge in [0.15, 0.2) is 0 Å². The van der Waals surface area contributed by atoms with Gasteiger partial charge in [0, 0.05) is 61.0 Å². The summed E-state index contributed by atoms with van der Waals surface area (Å²) in [6, 6.07) is 82.7. The van der Waals surface area contributed by atoms with Crippen LogP contribution < -0.4 is 0 Å². The first-order valence-corrected chi connectivity index (χ1v) is 23.8. The van der Waals surface area contributed by atoms with Crippen molar-refractivity contribution < 1.29 is 8.83 Å².